The molecule has 1 atom stereocenters. The number of hydrogen-bond acceptors (Lipinski definition) is 4. The van der Waals surface area contributed by atoms with E-state index in [-0.39, 0.29) is 16.8 Å². The molecule has 1 aromatic heterocycles. The van der Waals surface area contributed by atoms with Gasteiger partial charge in [0.2, 0.25) is 10.0 Å². The molecule has 7 nitrogen and oxygen atoms in total. The first kappa shape index (κ1) is 20.0. The summed E-state index contributed by atoms with van der Waals surface area (Å²) in [7, 11) is -3.49. The van der Waals surface area contributed by atoms with Gasteiger partial charge in [0.05, 0.1) is 28.2 Å². The summed E-state index contributed by atoms with van der Waals surface area (Å²) < 4.78 is 26.6. The minimum Gasteiger partial charge on any atom is -0.345 e. The second-order valence-corrected chi connectivity index (χ2v) is 8.43. The highest BCUT2D eigenvalue weighted by Crippen LogP contribution is 2.21. The second kappa shape index (κ2) is 8.12. The maximum Gasteiger partial charge on any atom is 0.253 e. The lowest BCUT2D eigenvalue weighted by Crippen LogP contribution is -2.30. The van der Waals surface area contributed by atoms with Gasteiger partial charge in [-0.3, -0.25) is 9.89 Å². The molecule has 8 heteroatoms. The third-order valence-electron chi connectivity index (χ3n) is 4.79. The summed E-state index contributed by atoms with van der Waals surface area (Å²) in [5.74, 6) is -0.220. The Labute approximate surface area is 164 Å². The first-order chi connectivity index (χ1) is 13.4. The Morgan fingerprint density at radius 2 is 1.82 bits per heavy atom. The number of benzene rings is 2. The number of fused-ring (bicyclic) bond motifs is 1. The van der Waals surface area contributed by atoms with Crippen LogP contribution in [0.5, 0.6) is 0 Å². The van der Waals surface area contributed by atoms with Crippen LogP contribution >= 0.6 is 0 Å². The maximum atomic E-state index is 12.7. The molecule has 0 spiro atoms. The van der Waals surface area contributed by atoms with E-state index in [1.54, 1.807) is 36.5 Å². The van der Waals surface area contributed by atoms with Gasteiger partial charge in [-0.2, -0.15) is 9.40 Å². The molecule has 3 rings (SSSR count). The number of aromatic amines is 1. The topological polar surface area (TPSA) is 95.2 Å². The average Bonchev–Trinajstić information content (AvgIpc) is 3.17. The average molecular weight is 401 g/mol. The lowest BCUT2D eigenvalue weighted by Gasteiger charge is -2.19. The Morgan fingerprint density at radius 1 is 1.14 bits per heavy atom. The standard InChI is InChI=1S/C20H24N4O3S/c1-4-24(5-2)28(26,27)17-11-9-15(10-12-17)14(3)22-20(25)18-8-6-7-16-13-21-23-19(16)18/h6-14H,4-5H2,1-3H3,(H,21,23)(H,22,25). The second-order valence-electron chi connectivity index (χ2n) is 6.49. The van der Waals surface area contributed by atoms with Gasteiger partial charge >= 0.3 is 0 Å². The largest absolute Gasteiger partial charge is 0.345 e. The Hall–Kier alpha value is -2.71. The third-order valence-corrected chi connectivity index (χ3v) is 6.86. The summed E-state index contributed by atoms with van der Waals surface area (Å²) >= 11 is 0. The van der Waals surface area contributed by atoms with Crippen LogP contribution in [-0.4, -0.2) is 41.9 Å². The fourth-order valence-corrected chi connectivity index (χ4v) is 4.61. The summed E-state index contributed by atoms with van der Waals surface area (Å²) in [6, 6.07) is 11.8. The van der Waals surface area contributed by atoms with Crippen molar-refractivity contribution in [3.8, 4) is 0 Å². The Kier molecular flexibility index (Phi) is 5.81. The molecule has 0 fully saturated rings. The molecule has 1 unspecified atom stereocenters. The van der Waals surface area contributed by atoms with E-state index >= 15 is 0 Å². The van der Waals surface area contributed by atoms with Crippen LogP contribution in [0.3, 0.4) is 0 Å². The van der Waals surface area contributed by atoms with Crippen molar-refractivity contribution in [2.24, 2.45) is 0 Å². The summed E-state index contributed by atoms with van der Waals surface area (Å²) in [5, 5.41) is 10.6. The van der Waals surface area contributed by atoms with Crippen LogP contribution in [0, 0.1) is 0 Å². The van der Waals surface area contributed by atoms with Gasteiger partial charge in [0, 0.05) is 18.5 Å². The number of aromatic nitrogens is 2. The molecule has 1 heterocycles. The molecule has 2 aromatic carbocycles. The number of amides is 1. The van der Waals surface area contributed by atoms with Gasteiger partial charge in [-0.25, -0.2) is 8.42 Å². The lowest BCUT2D eigenvalue weighted by molar-refractivity contribution is 0.0941. The van der Waals surface area contributed by atoms with Gasteiger partial charge in [0.25, 0.3) is 5.91 Å². The zero-order valence-corrected chi connectivity index (χ0v) is 17.0. The van der Waals surface area contributed by atoms with Gasteiger partial charge < -0.3 is 5.32 Å². The number of carbonyl (C=O) groups is 1. The predicted octanol–water partition coefficient (Wildman–Crippen LogP) is 3.08. The number of nitrogens with one attached hydrogen (secondary N) is 2. The van der Waals surface area contributed by atoms with Crippen molar-refractivity contribution in [1.29, 1.82) is 0 Å². The molecule has 0 aliphatic carbocycles. The summed E-state index contributed by atoms with van der Waals surface area (Å²) in [6.07, 6.45) is 1.67. The first-order valence-electron chi connectivity index (χ1n) is 9.21. The molecule has 0 bridgehead atoms. The Balaban J connectivity index is 1.77. The lowest BCUT2D eigenvalue weighted by atomic mass is 10.1. The number of sulfonamides is 1. The number of carbonyl (C=O) groups excluding carboxylic acids is 1. The van der Waals surface area contributed by atoms with Crippen molar-refractivity contribution in [1.82, 2.24) is 19.8 Å². The summed E-state index contributed by atoms with van der Waals surface area (Å²) in [4.78, 5) is 12.9. The van der Waals surface area contributed by atoms with Crippen LogP contribution in [0.4, 0.5) is 0 Å². The molecule has 0 saturated heterocycles. The highest BCUT2D eigenvalue weighted by atomic mass is 32.2. The van der Waals surface area contributed by atoms with Crippen LogP contribution in [0.15, 0.2) is 53.6 Å². The van der Waals surface area contributed by atoms with E-state index in [4.69, 9.17) is 0 Å². The van der Waals surface area contributed by atoms with Crippen molar-refractivity contribution in [3.05, 3.63) is 59.8 Å². The maximum absolute atomic E-state index is 12.7. The van der Waals surface area contributed by atoms with Crippen molar-refractivity contribution in [3.63, 3.8) is 0 Å². The van der Waals surface area contributed by atoms with Crippen LogP contribution in [-0.2, 0) is 10.0 Å². The third kappa shape index (κ3) is 3.79. The molecular formula is C20H24N4O3S. The van der Waals surface area contributed by atoms with E-state index in [0.29, 0.717) is 24.2 Å². The predicted molar refractivity (Wildman–Crippen MR) is 109 cm³/mol. The molecule has 0 aliphatic rings. The van der Waals surface area contributed by atoms with Crippen molar-refractivity contribution in [2.75, 3.05) is 13.1 Å². The highest BCUT2D eigenvalue weighted by molar-refractivity contribution is 7.89. The summed E-state index contributed by atoms with van der Waals surface area (Å²) in [5.41, 5.74) is 2.03. The number of rotatable bonds is 7. The van der Waals surface area contributed by atoms with E-state index in [1.807, 2.05) is 32.9 Å². The molecule has 28 heavy (non-hydrogen) atoms. The number of H-pyrrole nitrogens is 1. The molecule has 2 N–H and O–H groups in total. The van der Waals surface area contributed by atoms with Crippen molar-refractivity contribution < 1.29 is 13.2 Å². The fourth-order valence-electron chi connectivity index (χ4n) is 3.16. The SMILES string of the molecule is CCN(CC)S(=O)(=O)c1ccc(C(C)NC(=O)c2cccc3cn[nH]c23)cc1. The van der Waals surface area contributed by atoms with E-state index in [0.717, 1.165) is 10.9 Å². The molecule has 3 aromatic rings. The Bertz CT molecular complexity index is 1070. The Morgan fingerprint density at radius 3 is 2.46 bits per heavy atom. The minimum atomic E-state index is -3.49. The molecule has 148 valence electrons. The van der Waals surface area contributed by atoms with Gasteiger partial charge in [-0.15, -0.1) is 0 Å². The van der Waals surface area contributed by atoms with Gasteiger partial charge in [0.1, 0.15) is 0 Å². The molecule has 0 radical (unpaired) electrons. The van der Waals surface area contributed by atoms with E-state index in [9.17, 15) is 13.2 Å². The van der Waals surface area contributed by atoms with Crippen LogP contribution in [0.1, 0.15) is 42.7 Å². The molecule has 0 saturated carbocycles. The van der Waals surface area contributed by atoms with Gasteiger partial charge in [-0.05, 0) is 30.7 Å². The number of nitrogens with zero attached hydrogens (tertiary/aromatic N) is 2. The normalized spacial score (nSPS) is 13.0. The van der Waals surface area contributed by atoms with Crippen molar-refractivity contribution in [2.45, 2.75) is 31.7 Å². The van der Waals surface area contributed by atoms with Gasteiger partial charge in [-0.1, -0.05) is 38.1 Å². The first-order valence-corrected chi connectivity index (χ1v) is 10.7. The summed E-state index contributed by atoms with van der Waals surface area (Å²) in [6.45, 7) is 6.33. The molecular weight excluding hydrogens is 376 g/mol. The fraction of sp³-hybridized carbons (Fsp3) is 0.300. The number of para-hydroxylation sites is 1. The monoisotopic (exact) mass is 400 g/mol. The van der Waals surface area contributed by atoms with E-state index in [1.165, 1.54) is 4.31 Å². The minimum absolute atomic E-state index is 0.220. The quantitative estimate of drug-likeness (QED) is 0.637. The zero-order chi connectivity index (χ0) is 20.3. The molecule has 1 amide bonds. The van der Waals surface area contributed by atoms with Crippen LogP contribution < -0.4 is 5.32 Å². The van der Waals surface area contributed by atoms with Crippen LogP contribution in [0.25, 0.3) is 10.9 Å². The highest BCUT2D eigenvalue weighted by Gasteiger charge is 2.22. The zero-order valence-electron chi connectivity index (χ0n) is 16.1. The van der Waals surface area contributed by atoms with Crippen molar-refractivity contribution >= 4 is 26.8 Å². The smallest absolute Gasteiger partial charge is 0.253 e. The number of hydrogen-bond donors (Lipinski definition) is 2. The molecule has 0 aliphatic heterocycles. The van der Waals surface area contributed by atoms with E-state index < -0.39 is 10.0 Å². The van der Waals surface area contributed by atoms with E-state index in [2.05, 4.69) is 15.5 Å². The van der Waals surface area contributed by atoms with Gasteiger partial charge in [0.15, 0.2) is 0 Å². The van der Waals surface area contributed by atoms with Crippen LogP contribution in [0.2, 0.25) is 0 Å².